The van der Waals surface area contributed by atoms with E-state index in [0.29, 0.717) is 0 Å². The summed E-state index contributed by atoms with van der Waals surface area (Å²) in [5, 5.41) is 0. The van der Waals surface area contributed by atoms with Gasteiger partial charge in [0.25, 0.3) is 0 Å². The largest absolute Gasteiger partial charge is 0.310 e. The molecule has 1 heteroatoms. The molecule has 0 radical (unpaired) electrons. The molecule has 77 heavy (non-hydrogen) atoms. The number of nitrogens with zero attached hydrogens (tertiary/aromatic N) is 1. The van der Waals surface area contributed by atoms with Crippen LogP contribution in [0.5, 0.6) is 0 Å². The number of rotatable bonds is 6. The second-order valence-corrected chi connectivity index (χ2v) is 21.7. The van der Waals surface area contributed by atoms with E-state index in [9.17, 15) is 0 Å². The first-order valence-corrected chi connectivity index (χ1v) is 27.1. The van der Waals surface area contributed by atoms with Crippen LogP contribution < -0.4 is 4.90 Å². The first-order chi connectivity index (χ1) is 38.0. The normalized spacial score (nSPS) is 13.8. The Bertz CT molecular complexity index is 4080. The van der Waals surface area contributed by atoms with Crippen molar-refractivity contribution in [3.8, 4) is 77.9 Å². The third-order valence-electron chi connectivity index (χ3n) is 17.5. The maximum atomic E-state index is 2.56. The van der Waals surface area contributed by atoms with Crippen LogP contribution in [0.3, 0.4) is 0 Å². The summed E-state index contributed by atoms with van der Waals surface area (Å²) in [6, 6.07) is 104. The van der Waals surface area contributed by atoms with E-state index in [1.165, 1.54) is 122 Å². The predicted octanol–water partition coefficient (Wildman–Crippen LogP) is 19.5. The molecular formula is C76H51N. The van der Waals surface area contributed by atoms with E-state index >= 15 is 0 Å². The van der Waals surface area contributed by atoms with Crippen LogP contribution in [0.1, 0.15) is 55.6 Å². The lowest BCUT2D eigenvalue weighted by Crippen LogP contribution is -2.26. The van der Waals surface area contributed by atoms with Crippen molar-refractivity contribution in [1.82, 2.24) is 0 Å². The van der Waals surface area contributed by atoms with Gasteiger partial charge in [-0.15, -0.1) is 0 Å². The summed E-state index contributed by atoms with van der Waals surface area (Å²) in [5.41, 5.74) is 33.0. The molecule has 16 rings (SSSR count). The Labute approximate surface area is 450 Å². The van der Waals surface area contributed by atoms with Crippen molar-refractivity contribution < 1.29 is 0 Å². The van der Waals surface area contributed by atoms with Gasteiger partial charge < -0.3 is 4.90 Å². The van der Waals surface area contributed by atoms with Crippen LogP contribution in [0.15, 0.2) is 273 Å². The van der Waals surface area contributed by atoms with Gasteiger partial charge in [-0.05, 0) is 179 Å². The zero-order chi connectivity index (χ0) is 51.0. The van der Waals surface area contributed by atoms with Gasteiger partial charge >= 0.3 is 0 Å². The molecular weight excluding hydrogens is 927 g/mol. The van der Waals surface area contributed by atoms with E-state index in [2.05, 4.69) is 292 Å². The van der Waals surface area contributed by atoms with Crippen LogP contribution in [-0.2, 0) is 10.8 Å². The summed E-state index contributed by atoms with van der Waals surface area (Å²) in [6.07, 6.45) is 0. The van der Waals surface area contributed by atoms with E-state index in [1.807, 2.05) is 0 Å². The number of aryl methyl sites for hydroxylation is 2. The van der Waals surface area contributed by atoms with E-state index in [4.69, 9.17) is 0 Å². The van der Waals surface area contributed by atoms with Crippen LogP contribution in [0.25, 0.3) is 77.9 Å². The quantitative estimate of drug-likeness (QED) is 0.160. The molecule has 12 aromatic rings. The average molecular weight is 978 g/mol. The van der Waals surface area contributed by atoms with Crippen molar-refractivity contribution in [2.24, 2.45) is 0 Å². The summed E-state index contributed by atoms with van der Waals surface area (Å²) < 4.78 is 0. The number of hydrogen-bond acceptors (Lipinski definition) is 1. The Hall–Kier alpha value is -9.56. The second kappa shape index (κ2) is 16.5. The minimum atomic E-state index is -0.504. The van der Waals surface area contributed by atoms with Crippen LogP contribution in [0.4, 0.5) is 17.1 Å². The molecule has 4 aliphatic rings. The Balaban J connectivity index is 0.972. The Kier molecular flexibility index (Phi) is 9.37. The maximum absolute atomic E-state index is 2.56. The lowest BCUT2D eigenvalue weighted by molar-refractivity contribution is 0.792. The van der Waals surface area contributed by atoms with Gasteiger partial charge in [0.2, 0.25) is 0 Å². The molecule has 0 N–H and O–H groups in total. The summed E-state index contributed by atoms with van der Waals surface area (Å²) in [5.74, 6) is 0. The van der Waals surface area contributed by atoms with Crippen LogP contribution >= 0.6 is 0 Å². The van der Waals surface area contributed by atoms with E-state index in [1.54, 1.807) is 0 Å². The van der Waals surface area contributed by atoms with Gasteiger partial charge in [0.1, 0.15) is 0 Å². The van der Waals surface area contributed by atoms with Crippen LogP contribution in [0, 0.1) is 13.8 Å². The van der Waals surface area contributed by atoms with Gasteiger partial charge in [0.15, 0.2) is 0 Å². The minimum Gasteiger partial charge on any atom is -0.310 e. The van der Waals surface area contributed by atoms with Crippen molar-refractivity contribution >= 4 is 17.1 Å². The number of benzene rings is 12. The third-order valence-corrected chi connectivity index (χ3v) is 17.5. The van der Waals surface area contributed by atoms with Crippen molar-refractivity contribution in [2.75, 3.05) is 4.90 Å². The maximum Gasteiger partial charge on any atom is 0.0726 e. The standard InChI is InChI=1S/C76H51N/c1-48-40-49(2)42-53(41-48)51-32-34-52(35-33-51)55-43-54(50-18-4-3-5-19-50)44-58(45-55)77(56-36-38-65-63-24-10-16-30-71(63)75(73(65)46-56)67-26-12-6-20-59(67)60-21-7-13-27-68(60)75)57-37-39-66-64-25-11-17-31-72(64)76(74(66)47-57)69-28-14-8-22-61(69)62-23-9-15-29-70(62)76/h3-47H,1-2H3. The fraction of sp³-hybridized carbons (Fsp3) is 0.0526. The molecule has 2 spiro atoms. The average Bonchev–Trinajstić information content (AvgIpc) is 4.37. The SMILES string of the molecule is Cc1cc(C)cc(-c2ccc(-c3cc(-c4ccccc4)cc(N(c4ccc5c(c4)C4(c6ccccc6-c6ccccc64)c4ccccc4-5)c4ccc5c(c4)C4(c6ccccc6-c6ccccc64)c4ccccc4-5)c3)cc2)c1. The molecule has 0 aromatic heterocycles. The molecule has 360 valence electrons. The fourth-order valence-electron chi connectivity index (χ4n) is 14.6. The molecule has 12 aromatic carbocycles. The highest BCUT2D eigenvalue weighted by Gasteiger charge is 2.53. The molecule has 0 saturated heterocycles. The minimum absolute atomic E-state index is 0.504. The highest BCUT2D eigenvalue weighted by Crippen LogP contribution is 2.65. The van der Waals surface area contributed by atoms with Gasteiger partial charge in [-0.1, -0.05) is 242 Å². The molecule has 0 heterocycles. The van der Waals surface area contributed by atoms with Crippen molar-refractivity contribution in [3.63, 3.8) is 0 Å². The molecule has 0 amide bonds. The summed E-state index contributed by atoms with van der Waals surface area (Å²) in [7, 11) is 0. The van der Waals surface area contributed by atoms with Crippen LogP contribution in [-0.4, -0.2) is 0 Å². The highest BCUT2D eigenvalue weighted by atomic mass is 15.1. The Morgan fingerprint density at radius 3 is 0.870 bits per heavy atom. The molecule has 0 saturated carbocycles. The molecule has 1 nitrogen and oxygen atoms in total. The van der Waals surface area contributed by atoms with Gasteiger partial charge in [-0.3, -0.25) is 0 Å². The smallest absolute Gasteiger partial charge is 0.0726 e. The monoisotopic (exact) mass is 977 g/mol. The molecule has 4 aliphatic carbocycles. The molecule has 0 bridgehead atoms. The first kappa shape index (κ1) is 43.8. The summed E-state index contributed by atoms with van der Waals surface area (Å²) in [6.45, 7) is 4.37. The van der Waals surface area contributed by atoms with Gasteiger partial charge in [0.05, 0.1) is 10.8 Å². The molecule has 0 unspecified atom stereocenters. The first-order valence-electron chi connectivity index (χ1n) is 27.1. The molecule has 0 fully saturated rings. The van der Waals surface area contributed by atoms with Crippen molar-refractivity contribution in [3.05, 3.63) is 329 Å². The van der Waals surface area contributed by atoms with E-state index in [0.717, 1.165) is 28.2 Å². The highest BCUT2D eigenvalue weighted by molar-refractivity contribution is 5.99. The van der Waals surface area contributed by atoms with Gasteiger partial charge in [-0.25, -0.2) is 0 Å². The number of fused-ring (bicyclic) bond motifs is 20. The molecule has 0 aliphatic heterocycles. The van der Waals surface area contributed by atoms with E-state index in [-0.39, 0.29) is 0 Å². The summed E-state index contributed by atoms with van der Waals surface area (Å²) in [4.78, 5) is 2.56. The lowest BCUT2D eigenvalue weighted by atomic mass is 9.70. The van der Waals surface area contributed by atoms with E-state index < -0.39 is 10.8 Å². The third kappa shape index (κ3) is 6.11. The van der Waals surface area contributed by atoms with Crippen molar-refractivity contribution in [1.29, 1.82) is 0 Å². The van der Waals surface area contributed by atoms with Gasteiger partial charge in [-0.2, -0.15) is 0 Å². The van der Waals surface area contributed by atoms with Crippen LogP contribution in [0.2, 0.25) is 0 Å². The Morgan fingerprint density at radius 1 is 0.208 bits per heavy atom. The predicted molar refractivity (Wildman–Crippen MR) is 320 cm³/mol. The second-order valence-electron chi connectivity index (χ2n) is 21.7. The van der Waals surface area contributed by atoms with Crippen molar-refractivity contribution in [2.45, 2.75) is 24.7 Å². The topological polar surface area (TPSA) is 3.24 Å². The summed E-state index contributed by atoms with van der Waals surface area (Å²) >= 11 is 0. The number of anilines is 3. The number of hydrogen-bond donors (Lipinski definition) is 0. The zero-order valence-corrected chi connectivity index (χ0v) is 42.9. The fourth-order valence-corrected chi connectivity index (χ4v) is 14.6. The molecule has 0 atom stereocenters. The lowest BCUT2D eigenvalue weighted by Gasteiger charge is -2.33. The zero-order valence-electron chi connectivity index (χ0n) is 42.9. The van der Waals surface area contributed by atoms with Gasteiger partial charge in [0, 0.05) is 17.1 Å². The Morgan fingerprint density at radius 2 is 0.506 bits per heavy atom.